The van der Waals surface area contributed by atoms with Crippen molar-refractivity contribution in [1.82, 2.24) is 4.57 Å². The maximum Gasteiger partial charge on any atom is 0.338 e. The van der Waals surface area contributed by atoms with Crippen molar-refractivity contribution in [3.05, 3.63) is 94.6 Å². The van der Waals surface area contributed by atoms with Crippen LogP contribution in [0.4, 0.5) is 0 Å². The third kappa shape index (κ3) is 5.06. The van der Waals surface area contributed by atoms with Crippen LogP contribution in [0, 0.1) is 6.92 Å². The maximum atomic E-state index is 13.7. The molecule has 3 aromatic rings. The van der Waals surface area contributed by atoms with Gasteiger partial charge in [0.05, 0.1) is 28.5 Å². The highest BCUT2D eigenvalue weighted by molar-refractivity contribution is 9.10. The monoisotopic (exact) mass is 554 g/mol. The predicted octanol–water partition coefficient (Wildman–Crippen LogP) is 3.79. The number of rotatable bonds is 5. The number of carbonyl (C=O) groups excluding carboxylic acids is 2. The topological polar surface area (TPSA) is 87.0 Å². The first kappa shape index (κ1) is 24.8. The summed E-state index contributed by atoms with van der Waals surface area (Å²) in [4.78, 5) is 43.3. The van der Waals surface area contributed by atoms with Crippen molar-refractivity contribution in [2.45, 2.75) is 33.7 Å². The summed E-state index contributed by atoms with van der Waals surface area (Å²) in [7, 11) is 0. The molecule has 4 rings (SSSR count). The van der Waals surface area contributed by atoms with Crippen molar-refractivity contribution in [3.8, 4) is 5.75 Å². The lowest BCUT2D eigenvalue weighted by atomic mass is 9.95. The Kier molecular flexibility index (Phi) is 7.18. The molecule has 0 aliphatic carbocycles. The standard InChI is InChI=1S/C26H23BrN2O5S/c1-5-33-25(32)22-15(3)28-26-29(23(22)17-8-6-14(2)7-9-17)24(31)21(35-26)13-18-12-19(27)10-11-20(18)34-16(4)30/h6-13,23H,5H2,1-4H3/t23-/m1/s1. The summed E-state index contributed by atoms with van der Waals surface area (Å²) >= 11 is 4.64. The number of benzene rings is 2. The summed E-state index contributed by atoms with van der Waals surface area (Å²) in [5.41, 5.74) is 2.94. The van der Waals surface area contributed by atoms with Crippen molar-refractivity contribution in [2.24, 2.45) is 4.99 Å². The van der Waals surface area contributed by atoms with E-state index in [0.717, 1.165) is 15.6 Å². The van der Waals surface area contributed by atoms with Crippen LogP contribution in [0.25, 0.3) is 6.08 Å². The molecule has 0 saturated heterocycles. The van der Waals surface area contributed by atoms with E-state index in [1.165, 1.54) is 22.8 Å². The van der Waals surface area contributed by atoms with Gasteiger partial charge >= 0.3 is 11.9 Å². The summed E-state index contributed by atoms with van der Waals surface area (Å²) in [5.74, 6) is -0.625. The van der Waals surface area contributed by atoms with Crippen LogP contribution in [0.2, 0.25) is 0 Å². The van der Waals surface area contributed by atoms with Crippen LogP contribution in [0.1, 0.15) is 43.5 Å². The molecule has 2 aromatic carbocycles. The number of esters is 2. The molecule has 0 saturated carbocycles. The lowest BCUT2D eigenvalue weighted by Crippen LogP contribution is -2.39. The number of fused-ring (bicyclic) bond motifs is 1. The number of aromatic nitrogens is 1. The third-order valence-corrected chi connectivity index (χ3v) is 6.90. The Morgan fingerprint density at radius 1 is 1.17 bits per heavy atom. The van der Waals surface area contributed by atoms with Gasteiger partial charge in [0.15, 0.2) is 4.80 Å². The summed E-state index contributed by atoms with van der Waals surface area (Å²) in [6.45, 7) is 6.99. The van der Waals surface area contributed by atoms with Crippen LogP contribution in [-0.4, -0.2) is 23.1 Å². The number of hydrogen-bond acceptors (Lipinski definition) is 7. The van der Waals surface area contributed by atoms with Crippen LogP contribution in [0.5, 0.6) is 5.75 Å². The minimum absolute atomic E-state index is 0.211. The van der Waals surface area contributed by atoms with E-state index in [1.54, 1.807) is 38.1 Å². The zero-order valence-electron chi connectivity index (χ0n) is 19.6. The van der Waals surface area contributed by atoms with Crippen LogP contribution in [0.15, 0.2) is 68.0 Å². The Labute approximate surface area is 214 Å². The Hall–Kier alpha value is -3.30. The molecule has 0 radical (unpaired) electrons. The number of carbonyl (C=O) groups is 2. The van der Waals surface area contributed by atoms with E-state index in [9.17, 15) is 14.4 Å². The Morgan fingerprint density at radius 2 is 1.89 bits per heavy atom. The Morgan fingerprint density at radius 3 is 2.54 bits per heavy atom. The lowest BCUT2D eigenvalue weighted by Gasteiger charge is -2.24. The van der Waals surface area contributed by atoms with Crippen LogP contribution in [0.3, 0.4) is 0 Å². The van der Waals surface area contributed by atoms with E-state index >= 15 is 0 Å². The Balaban J connectivity index is 1.96. The number of ether oxygens (including phenoxy) is 2. The molecule has 0 amide bonds. The molecule has 9 heteroatoms. The van der Waals surface area contributed by atoms with E-state index < -0.39 is 18.0 Å². The first-order valence-corrected chi connectivity index (χ1v) is 12.5. The van der Waals surface area contributed by atoms with Gasteiger partial charge in [-0.1, -0.05) is 57.1 Å². The van der Waals surface area contributed by atoms with E-state index in [2.05, 4.69) is 20.9 Å². The largest absolute Gasteiger partial charge is 0.463 e. The van der Waals surface area contributed by atoms with Gasteiger partial charge in [-0.3, -0.25) is 14.2 Å². The summed E-state index contributed by atoms with van der Waals surface area (Å²) in [6.07, 6.45) is 1.67. The van der Waals surface area contributed by atoms with Gasteiger partial charge in [-0.25, -0.2) is 9.79 Å². The Bertz CT molecular complexity index is 1530. The fourth-order valence-corrected chi connectivity index (χ4v) is 5.29. The molecule has 0 unspecified atom stereocenters. The minimum atomic E-state index is -0.677. The SMILES string of the molecule is CCOC(=O)C1=C(C)N=c2sc(=Cc3cc(Br)ccc3OC(C)=O)c(=O)n2[C@@H]1c1ccc(C)cc1. The van der Waals surface area contributed by atoms with E-state index in [1.807, 2.05) is 31.2 Å². The zero-order valence-corrected chi connectivity index (χ0v) is 22.0. The highest BCUT2D eigenvalue weighted by Crippen LogP contribution is 2.31. The van der Waals surface area contributed by atoms with Gasteiger partial charge in [-0.05, 0) is 50.6 Å². The molecule has 0 N–H and O–H groups in total. The van der Waals surface area contributed by atoms with Crippen LogP contribution < -0.4 is 19.6 Å². The van der Waals surface area contributed by atoms with E-state index in [-0.39, 0.29) is 12.2 Å². The summed E-state index contributed by atoms with van der Waals surface area (Å²) < 4.78 is 13.3. The molecule has 0 bridgehead atoms. The van der Waals surface area contributed by atoms with E-state index in [4.69, 9.17) is 9.47 Å². The molecule has 2 heterocycles. The fourth-order valence-electron chi connectivity index (χ4n) is 3.88. The molecule has 7 nitrogen and oxygen atoms in total. The normalized spacial score (nSPS) is 15.5. The number of aryl methyl sites for hydroxylation is 1. The highest BCUT2D eigenvalue weighted by atomic mass is 79.9. The fraction of sp³-hybridized carbons (Fsp3) is 0.231. The highest BCUT2D eigenvalue weighted by Gasteiger charge is 2.33. The zero-order chi connectivity index (χ0) is 25.3. The van der Waals surface area contributed by atoms with Gasteiger partial charge in [0.1, 0.15) is 5.75 Å². The molecule has 0 fully saturated rings. The number of nitrogens with zero attached hydrogens (tertiary/aromatic N) is 2. The summed E-state index contributed by atoms with van der Waals surface area (Å²) in [6, 6.07) is 12.2. The van der Waals surface area contributed by atoms with Crippen LogP contribution >= 0.6 is 27.3 Å². The number of hydrogen-bond donors (Lipinski definition) is 0. The van der Waals surface area contributed by atoms with Gasteiger partial charge < -0.3 is 9.47 Å². The molecule has 1 atom stereocenters. The molecular weight excluding hydrogens is 532 g/mol. The van der Waals surface area contributed by atoms with Gasteiger partial charge in [0, 0.05) is 17.0 Å². The van der Waals surface area contributed by atoms with Crippen molar-refractivity contribution in [3.63, 3.8) is 0 Å². The molecule has 0 spiro atoms. The first-order valence-electron chi connectivity index (χ1n) is 10.9. The van der Waals surface area contributed by atoms with Gasteiger partial charge in [0.2, 0.25) is 0 Å². The molecule has 1 aromatic heterocycles. The maximum absolute atomic E-state index is 13.7. The number of halogens is 1. The van der Waals surface area contributed by atoms with Crippen molar-refractivity contribution in [2.75, 3.05) is 6.61 Å². The smallest absolute Gasteiger partial charge is 0.338 e. The van der Waals surface area contributed by atoms with Crippen molar-refractivity contribution >= 4 is 45.3 Å². The molecule has 35 heavy (non-hydrogen) atoms. The second-order valence-corrected chi connectivity index (χ2v) is 9.91. The van der Waals surface area contributed by atoms with Crippen LogP contribution in [-0.2, 0) is 14.3 Å². The van der Waals surface area contributed by atoms with Gasteiger partial charge in [-0.2, -0.15) is 0 Å². The minimum Gasteiger partial charge on any atom is -0.463 e. The first-order chi connectivity index (χ1) is 16.7. The van der Waals surface area contributed by atoms with Crippen molar-refractivity contribution < 1.29 is 19.1 Å². The number of thiazole rings is 1. The molecule has 1 aliphatic heterocycles. The quantitative estimate of drug-likeness (QED) is 0.353. The number of allylic oxidation sites excluding steroid dienone is 1. The average Bonchev–Trinajstić information content (AvgIpc) is 3.09. The van der Waals surface area contributed by atoms with Gasteiger partial charge in [0.25, 0.3) is 5.56 Å². The predicted molar refractivity (Wildman–Crippen MR) is 137 cm³/mol. The van der Waals surface area contributed by atoms with E-state index in [0.29, 0.717) is 31.9 Å². The molecule has 1 aliphatic rings. The molecule has 180 valence electrons. The second kappa shape index (κ2) is 10.1. The van der Waals surface area contributed by atoms with Gasteiger partial charge in [-0.15, -0.1) is 0 Å². The summed E-state index contributed by atoms with van der Waals surface area (Å²) in [5, 5.41) is 0. The molecular formula is C26H23BrN2O5S. The van der Waals surface area contributed by atoms with Crippen molar-refractivity contribution in [1.29, 1.82) is 0 Å². The lowest BCUT2D eigenvalue weighted by molar-refractivity contribution is -0.139. The average molecular weight is 555 g/mol. The second-order valence-electron chi connectivity index (χ2n) is 7.99. The third-order valence-electron chi connectivity index (χ3n) is 5.42.